The molecule has 1 heterocycles. The highest BCUT2D eigenvalue weighted by Crippen LogP contribution is 2.13. The first-order valence-electron chi connectivity index (χ1n) is 6.40. The maximum atomic E-state index is 11.9. The summed E-state index contributed by atoms with van der Waals surface area (Å²) >= 11 is 0. The van der Waals surface area contributed by atoms with Crippen LogP contribution in [0.5, 0.6) is 5.75 Å². The molecule has 1 amide bonds. The largest absolute Gasteiger partial charge is 0.494 e. The molecule has 1 aromatic heterocycles. The third-order valence-corrected chi connectivity index (χ3v) is 2.68. The summed E-state index contributed by atoms with van der Waals surface area (Å²) in [5.41, 5.74) is 7.38. The maximum Gasteiger partial charge on any atom is 0.270 e. The molecular weight excluding hydrogens is 254 g/mol. The second-order valence-electron chi connectivity index (χ2n) is 4.24. The third-order valence-electron chi connectivity index (χ3n) is 2.68. The lowest BCUT2D eigenvalue weighted by atomic mass is 10.2. The molecule has 5 heteroatoms. The molecule has 0 fully saturated rings. The van der Waals surface area contributed by atoms with Crippen molar-refractivity contribution in [1.29, 1.82) is 0 Å². The van der Waals surface area contributed by atoms with Gasteiger partial charge in [0.1, 0.15) is 11.4 Å². The lowest BCUT2D eigenvalue weighted by Crippen LogP contribution is -2.23. The molecule has 3 N–H and O–H groups in total. The fourth-order valence-corrected chi connectivity index (χ4v) is 1.72. The van der Waals surface area contributed by atoms with Crippen molar-refractivity contribution in [2.75, 3.05) is 12.3 Å². The first-order valence-corrected chi connectivity index (χ1v) is 6.40. The lowest BCUT2D eigenvalue weighted by molar-refractivity contribution is 0.0946. The van der Waals surface area contributed by atoms with Gasteiger partial charge in [0.25, 0.3) is 5.91 Å². The minimum absolute atomic E-state index is 0.230. The summed E-state index contributed by atoms with van der Waals surface area (Å²) in [5, 5.41) is 2.81. The SMILES string of the molecule is CCOc1cccc(CNC(=O)c2ccc(N)cn2)c1. The van der Waals surface area contributed by atoms with Crippen LogP contribution in [0, 0.1) is 0 Å². The van der Waals surface area contributed by atoms with Crippen LogP contribution in [-0.2, 0) is 6.54 Å². The van der Waals surface area contributed by atoms with Crippen LogP contribution >= 0.6 is 0 Å². The van der Waals surface area contributed by atoms with Crippen molar-refractivity contribution in [3.05, 3.63) is 53.9 Å². The molecule has 0 bridgehead atoms. The van der Waals surface area contributed by atoms with Crippen LogP contribution < -0.4 is 15.8 Å². The quantitative estimate of drug-likeness (QED) is 0.872. The third kappa shape index (κ3) is 3.71. The molecule has 1 aromatic carbocycles. The summed E-state index contributed by atoms with van der Waals surface area (Å²) in [6, 6.07) is 10.9. The Labute approximate surface area is 117 Å². The van der Waals surface area contributed by atoms with Crippen molar-refractivity contribution in [2.45, 2.75) is 13.5 Å². The summed E-state index contributed by atoms with van der Waals surface area (Å²) in [4.78, 5) is 15.9. The first kappa shape index (κ1) is 13.9. The number of hydrogen-bond donors (Lipinski definition) is 2. The molecule has 20 heavy (non-hydrogen) atoms. The molecule has 0 aliphatic heterocycles. The van der Waals surface area contributed by atoms with Crippen molar-refractivity contribution in [3.63, 3.8) is 0 Å². The molecule has 104 valence electrons. The summed E-state index contributed by atoms with van der Waals surface area (Å²) in [7, 11) is 0. The number of ether oxygens (including phenoxy) is 1. The number of carbonyl (C=O) groups is 1. The maximum absolute atomic E-state index is 11.9. The molecule has 0 radical (unpaired) electrons. The van der Waals surface area contributed by atoms with Gasteiger partial charge in [-0.25, -0.2) is 4.98 Å². The molecule has 0 unspecified atom stereocenters. The fraction of sp³-hybridized carbons (Fsp3) is 0.200. The van der Waals surface area contributed by atoms with E-state index in [1.807, 2.05) is 31.2 Å². The molecule has 0 saturated carbocycles. The summed E-state index contributed by atoms with van der Waals surface area (Å²) in [6.07, 6.45) is 1.46. The van der Waals surface area contributed by atoms with Gasteiger partial charge in [0.15, 0.2) is 0 Å². The summed E-state index contributed by atoms with van der Waals surface area (Å²) < 4.78 is 5.41. The highest BCUT2D eigenvalue weighted by molar-refractivity contribution is 5.92. The number of nitrogens with one attached hydrogen (secondary N) is 1. The number of pyridine rings is 1. The van der Waals surface area contributed by atoms with E-state index >= 15 is 0 Å². The van der Waals surface area contributed by atoms with Crippen LogP contribution in [0.1, 0.15) is 23.0 Å². The van der Waals surface area contributed by atoms with E-state index in [1.165, 1.54) is 6.20 Å². The van der Waals surface area contributed by atoms with Gasteiger partial charge in [0.2, 0.25) is 0 Å². The average molecular weight is 271 g/mol. The molecular formula is C15H17N3O2. The van der Waals surface area contributed by atoms with Gasteiger partial charge in [0, 0.05) is 6.54 Å². The van der Waals surface area contributed by atoms with Crippen molar-refractivity contribution in [3.8, 4) is 5.75 Å². The van der Waals surface area contributed by atoms with Gasteiger partial charge in [-0.05, 0) is 36.8 Å². The smallest absolute Gasteiger partial charge is 0.270 e. The normalized spacial score (nSPS) is 10.1. The number of rotatable bonds is 5. The molecule has 0 aliphatic rings. The monoisotopic (exact) mass is 271 g/mol. The number of nitrogens with zero attached hydrogens (tertiary/aromatic N) is 1. The highest BCUT2D eigenvalue weighted by Gasteiger charge is 2.06. The number of nitrogens with two attached hydrogens (primary N) is 1. The summed E-state index contributed by atoms with van der Waals surface area (Å²) in [6.45, 7) is 2.97. The van der Waals surface area contributed by atoms with E-state index in [0.717, 1.165) is 11.3 Å². The molecule has 0 atom stereocenters. The second kappa shape index (κ2) is 6.56. The van der Waals surface area contributed by atoms with E-state index in [9.17, 15) is 4.79 Å². The van der Waals surface area contributed by atoms with Gasteiger partial charge in [-0.1, -0.05) is 12.1 Å². The van der Waals surface area contributed by atoms with Crippen LogP contribution in [0.3, 0.4) is 0 Å². The highest BCUT2D eigenvalue weighted by atomic mass is 16.5. The molecule has 0 saturated heterocycles. The van der Waals surface area contributed by atoms with E-state index < -0.39 is 0 Å². The van der Waals surface area contributed by atoms with Crippen LogP contribution in [0.4, 0.5) is 5.69 Å². The number of benzene rings is 1. The van der Waals surface area contributed by atoms with Gasteiger partial charge < -0.3 is 15.8 Å². The predicted octanol–water partition coefficient (Wildman–Crippen LogP) is 1.99. The van der Waals surface area contributed by atoms with E-state index in [4.69, 9.17) is 10.5 Å². The standard InChI is InChI=1S/C15H17N3O2/c1-2-20-13-5-3-4-11(8-13)9-18-15(19)14-7-6-12(16)10-17-14/h3-8,10H,2,9,16H2,1H3,(H,18,19). The number of hydrogen-bond acceptors (Lipinski definition) is 4. The summed E-state index contributed by atoms with van der Waals surface area (Å²) in [5.74, 6) is 0.566. The lowest BCUT2D eigenvalue weighted by Gasteiger charge is -2.07. The van der Waals surface area contributed by atoms with E-state index in [1.54, 1.807) is 12.1 Å². The zero-order valence-corrected chi connectivity index (χ0v) is 11.3. The number of anilines is 1. The Balaban J connectivity index is 1.96. The first-order chi connectivity index (χ1) is 9.69. The van der Waals surface area contributed by atoms with Crippen LogP contribution in [0.2, 0.25) is 0 Å². The number of carbonyl (C=O) groups excluding carboxylic acids is 1. The van der Waals surface area contributed by atoms with Crippen molar-refractivity contribution < 1.29 is 9.53 Å². The fourth-order valence-electron chi connectivity index (χ4n) is 1.72. The van der Waals surface area contributed by atoms with E-state index in [2.05, 4.69) is 10.3 Å². The Hall–Kier alpha value is -2.56. The van der Waals surface area contributed by atoms with E-state index in [0.29, 0.717) is 24.5 Å². The molecule has 2 rings (SSSR count). The predicted molar refractivity (Wildman–Crippen MR) is 77.4 cm³/mol. The molecule has 0 spiro atoms. The van der Waals surface area contributed by atoms with Crippen LogP contribution in [-0.4, -0.2) is 17.5 Å². The number of amides is 1. The number of aromatic nitrogens is 1. The van der Waals surface area contributed by atoms with Crippen LogP contribution in [0.25, 0.3) is 0 Å². The van der Waals surface area contributed by atoms with Crippen molar-refractivity contribution in [1.82, 2.24) is 10.3 Å². The van der Waals surface area contributed by atoms with Gasteiger partial charge in [-0.2, -0.15) is 0 Å². The Kier molecular flexibility index (Phi) is 4.55. The topological polar surface area (TPSA) is 77.2 Å². The molecule has 5 nitrogen and oxygen atoms in total. The van der Waals surface area contributed by atoms with Gasteiger partial charge in [-0.3, -0.25) is 4.79 Å². The zero-order chi connectivity index (χ0) is 14.4. The van der Waals surface area contributed by atoms with Gasteiger partial charge in [-0.15, -0.1) is 0 Å². The minimum Gasteiger partial charge on any atom is -0.494 e. The Morgan fingerprint density at radius 2 is 2.20 bits per heavy atom. The Bertz CT molecular complexity index is 582. The van der Waals surface area contributed by atoms with E-state index in [-0.39, 0.29) is 5.91 Å². The van der Waals surface area contributed by atoms with Gasteiger partial charge >= 0.3 is 0 Å². The van der Waals surface area contributed by atoms with Crippen LogP contribution in [0.15, 0.2) is 42.6 Å². The molecule has 2 aromatic rings. The van der Waals surface area contributed by atoms with Crippen molar-refractivity contribution >= 4 is 11.6 Å². The average Bonchev–Trinajstić information content (AvgIpc) is 2.46. The number of nitrogen functional groups attached to an aromatic ring is 1. The zero-order valence-electron chi connectivity index (χ0n) is 11.3. The van der Waals surface area contributed by atoms with Crippen molar-refractivity contribution in [2.24, 2.45) is 0 Å². The minimum atomic E-state index is -0.230. The van der Waals surface area contributed by atoms with Gasteiger partial charge in [0.05, 0.1) is 18.5 Å². The second-order valence-corrected chi connectivity index (χ2v) is 4.24. The molecule has 0 aliphatic carbocycles. The Morgan fingerprint density at radius 1 is 1.35 bits per heavy atom. The Morgan fingerprint density at radius 3 is 2.90 bits per heavy atom.